The molecule has 2 rings (SSSR count). The minimum absolute atomic E-state index is 0.198. The van der Waals surface area contributed by atoms with Gasteiger partial charge in [0, 0.05) is 5.02 Å². The van der Waals surface area contributed by atoms with Gasteiger partial charge in [-0.3, -0.25) is 0 Å². The Balaban J connectivity index is 2.45. The number of benzene rings is 2. The minimum atomic E-state index is -3.61. The Kier molecular flexibility index (Phi) is 4.24. The van der Waals surface area contributed by atoms with Crippen molar-refractivity contribution in [1.82, 2.24) is 0 Å². The van der Waals surface area contributed by atoms with Gasteiger partial charge in [0.15, 0.2) is 9.84 Å². The molecule has 0 heterocycles. The van der Waals surface area contributed by atoms with Crippen molar-refractivity contribution in [1.29, 1.82) is 0 Å². The van der Waals surface area contributed by atoms with E-state index in [2.05, 4.69) is 0 Å². The van der Waals surface area contributed by atoms with Crippen LogP contribution in [-0.2, 0) is 9.84 Å². The van der Waals surface area contributed by atoms with Crippen molar-refractivity contribution < 1.29 is 13.5 Å². The Morgan fingerprint density at radius 3 is 2.11 bits per heavy atom. The number of halogens is 1. The zero-order valence-electron chi connectivity index (χ0n) is 10.0. The van der Waals surface area contributed by atoms with Crippen LogP contribution < -0.4 is 0 Å². The normalized spacial score (nSPS) is 13.2. The molecule has 1 atom stereocenters. The molecule has 0 aliphatic heterocycles. The van der Waals surface area contributed by atoms with Gasteiger partial charge in [-0.05, 0) is 29.8 Å². The van der Waals surface area contributed by atoms with Gasteiger partial charge in [-0.2, -0.15) is 0 Å². The van der Waals surface area contributed by atoms with Crippen LogP contribution in [0.4, 0.5) is 0 Å². The van der Waals surface area contributed by atoms with E-state index in [0.29, 0.717) is 10.6 Å². The van der Waals surface area contributed by atoms with Crippen LogP contribution in [0.1, 0.15) is 10.8 Å². The maximum absolute atomic E-state index is 12.5. The van der Waals surface area contributed by atoms with Gasteiger partial charge in [-0.25, -0.2) is 8.42 Å². The molecular formula is C14H13ClO3S. The fourth-order valence-corrected chi connectivity index (χ4v) is 3.54. The first-order chi connectivity index (χ1) is 9.05. The molecule has 0 radical (unpaired) electrons. The SMILES string of the molecule is O=S(=O)(c1ccccc1)[C@H](CO)c1ccc(Cl)cc1. The second kappa shape index (κ2) is 5.74. The lowest BCUT2D eigenvalue weighted by Gasteiger charge is -2.15. The van der Waals surface area contributed by atoms with E-state index in [9.17, 15) is 13.5 Å². The summed E-state index contributed by atoms with van der Waals surface area (Å²) in [6.45, 7) is -0.473. The second-order valence-corrected chi connectivity index (χ2v) is 6.65. The monoisotopic (exact) mass is 296 g/mol. The molecule has 3 nitrogen and oxygen atoms in total. The zero-order chi connectivity index (χ0) is 13.9. The van der Waals surface area contributed by atoms with Crippen LogP contribution in [0.15, 0.2) is 59.5 Å². The average Bonchev–Trinajstić information content (AvgIpc) is 2.42. The highest BCUT2D eigenvalue weighted by molar-refractivity contribution is 7.91. The number of aliphatic hydroxyl groups is 1. The van der Waals surface area contributed by atoms with Crippen LogP contribution in [-0.4, -0.2) is 20.1 Å². The fraction of sp³-hybridized carbons (Fsp3) is 0.143. The quantitative estimate of drug-likeness (QED) is 0.944. The molecule has 5 heteroatoms. The molecule has 100 valence electrons. The summed E-state index contributed by atoms with van der Waals surface area (Å²) in [6.07, 6.45) is 0. The smallest absolute Gasteiger partial charge is 0.187 e. The average molecular weight is 297 g/mol. The lowest BCUT2D eigenvalue weighted by atomic mass is 10.1. The Bertz CT molecular complexity index is 636. The molecule has 0 aliphatic carbocycles. The molecule has 19 heavy (non-hydrogen) atoms. The van der Waals surface area contributed by atoms with Crippen molar-refractivity contribution in [3.05, 3.63) is 65.2 Å². The Morgan fingerprint density at radius 1 is 1.00 bits per heavy atom. The molecule has 0 amide bonds. The third-order valence-corrected chi connectivity index (χ3v) is 5.21. The van der Waals surface area contributed by atoms with Gasteiger partial charge in [0.05, 0.1) is 11.5 Å². The van der Waals surface area contributed by atoms with Crippen molar-refractivity contribution >= 4 is 21.4 Å². The summed E-state index contributed by atoms with van der Waals surface area (Å²) in [5.41, 5.74) is 0.524. The largest absolute Gasteiger partial charge is 0.395 e. The summed E-state index contributed by atoms with van der Waals surface area (Å²) in [4.78, 5) is 0.198. The maximum atomic E-state index is 12.5. The van der Waals surface area contributed by atoms with Crippen molar-refractivity contribution in [2.24, 2.45) is 0 Å². The molecule has 2 aromatic rings. The highest BCUT2D eigenvalue weighted by Gasteiger charge is 2.28. The predicted octanol–water partition coefficient (Wildman–Crippen LogP) is 2.85. The summed E-state index contributed by atoms with van der Waals surface area (Å²) in [5.74, 6) is 0. The molecule has 0 bridgehead atoms. The van der Waals surface area contributed by atoms with Crippen molar-refractivity contribution in [3.8, 4) is 0 Å². The molecule has 1 N–H and O–H groups in total. The van der Waals surface area contributed by atoms with Gasteiger partial charge in [-0.1, -0.05) is 41.9 Å². The Morgan fingerprint density at radius 2 is 1.58 bits per heavy atom. The van der Waals surface area contributed by atoms with E-state index in [1.54, 1.807) is 42.5 Å². The molecule has 0 aliphatic rings. The van der Waals surface area contributed by atoms with E-state index >= 15 is 0 Å². The third-order valence-electron chi connectivity index (χ3n) is 2.85. The van der Waals surface area contributed by atoms with Crippen LogP contribution in [0.3, 0.4) is 0 Å². The first kappa shape index (κ1) is 14.1. The summed E-state index contributed by atoms with van der Waals surface area (Å²) in [6, 6.07) is 14.6. The number of rotatable bonds is 4. The summed E-state index contributed by atoms with van der Waals surface area (Å²) in [5, 5.41) is 8.98. The molecule has 2 aromatic carbocycles. The van der Waals surface area contributed by atoms with Gasteiger partial charge in [0.1, 0.15) is 5.25 Å². The lowest BCUT2D eigenvalue weighted by Crippen LogP contribution is -2.17. The molecule has 0 spiro atoms. The van der Waals surface area contributed by atoms with Gasteiger partial charge in [-0.15, -0.1) is 0 Å². The highest BCUT2D eigenvalue weighted by atomic mass is 35.5. The van der Waals surface area contributed by atoms with Gasteiger partial charge < -0.3 is 5.11 Å². The summed E-state index contributed by atoms with van der Waals surface area (Å²) < 4.78 is 24.9. The van der Waals surface area contributed by atoms with E-state index in [-0.39, 0.29) is 4.90 Å². The minimum Gasteiger partial charge on any atom is -0.395 e. The molecule has 0 saturated carbocycles. The Hall–Kier alpha value is -1.36. The zero-order valence-corrected chi connectivity index (χ0v) is 11.6. The maximum Gasteiger partial charge on any atom is 0.187 e. The van der Waals surface area contributed by atoms with E-state index in [0.717, 1.165) is 0 Å². The number of sulfone groups is 1. The van der Waals surface area contributed by atoms with Crippen LogP contribution in [0, 0.1) is 0 Å². The molecule has 0 aromatic heterocycles. The fourth-order valence-electron chi connectivity index (χ4n) is 1.83. The standard InChI is InChI=1S/C14H13ClO3S/c15-12-8-6-11(7-9-12)14(10-16)19(17,18)13-4-2-1-3-5-13/h1-9,14,16H,10H2/t14-/m1/s1. The third kappa shape index (κ3) is 2.97. The van der Waals surface area contributed by atoms with E-state index in [1.165, 1.54) is 12.1 Å². The summed E-state index contributed by atoms with van der Waals surface area (Å²) in [7, 11) is -3.61. The van der Waals surface area contributed by atoms with E-state index in [4.69, 9.17) is 11.6 Å². The van der Waals surface area contributed by atoms with Gasteiger partial charge >= 0.3 is 0 Å². The summed E-state index contributed by atoms with van der Waals surface area (Å²) >= 11 is 5.78. The molecule has 0 saturated heterocycles. The topological polar surface area (TPSA) is 54.4 Å². The van der Waals surface area contributed by atoms with E-state index < -0.39 is 21.7 Å². The molecular weight excluding hydrogens is 284 g/mol. The van der Waals surface area contributed by atoms with Crippen LogP contribution in [0.5, 0.6) is 0 Å². The van der Waals surface area contributed by atoms with E-state index in [1.807, 2.05) is 0 Å². The van der Waals surface area contributed by atoms with Gasteiger partial charge in [0.25, 0.3) is 0 Å². The Labute approximate surface area is 117 Å². The van der Waals surface area contributed by atoms with Crippen molar-refractivity contribution in [3.63, 3.8) is 0 Å². The lowest BCUT2D eigenvalue weighted by molar-refractivity contribution is 0.291. The molecule has 0 fully saturated rings. The predicted molar refractivity (Wildman–Crippen MR) is 74.9 cm³/mol. The first-order valence-corrected chi connectivity index (χ1v) is 7.63. The van der Waals surface area contributed by atoms with Crippen molar-refractivity contribution in [2.75, 3.05) is 6.61 Å². The highest BCUT2D eigenvalue weighted by Crippen LogP contribution is 2.29. The van der Waals surface area contributed by atoms with Crippen molar-refractivity contribution in [2.45, 2.75) is 10.1 Å². The first-order valence-electron chi connectivity index (χ1n) is 5.71. The number of hydrogen-bond donors (Lipinski definition) is 1. The van der Waals surface area contributed by atoms with Crippen LogP contribution in [0.25, 0.3) is 0 Å². The number of hydrogen-bond acceptors (Lipinski definition) is 3. The second-order valence-electron chi connectivity index (χ2n) is 4.08. The molecule has 0 unspecified atom stereocenters. The van der Waals surface area contributed by atoms with Crippen LogP contribution >= 0.6 is 11.6 Å². The van der Waals surface area contributed by atoms with Gasteiger partial charge in [0.2, 0.25) is 0 Å². The number of aliphatic hydroxyl groups excluding tert-OH is 1. The van der Waals surface area contributed by atoms with Crippen LogP contribution in [0.2, 0.25) is 5.02 Å².